The number of hydrogen-bond acceptors (Lipinski definition) is 7. The molecule has 5 rings (SSSR count). The van der Waals surface area contributed by atoms with Crippen LogP contribution in [0.2, 0.25) is 5.02 Å². The van der Waals surface area contributed by atoms with Crippen molar-refractivity contribution >= 4 is 28.6 Å². The molecule has 2 aliphatic rings. The summed E-state index contributed by atoms with van der Waals surface area (Å²) in [5, 5.41) is 14.2. The lowest BCUT2D eigenvalue weighted by atomic mass is 9.86. The van der Waals surface area contributed by atoms with E-state index in [0.29, 0.717) is 41.0 Å². The lowest BCUT2D eigenvalue weighted by Crippen LogP contribution is -2.52. The van der Waals surface area contributed by atoms with Gasteiger partial charge >= 0.3 is 0 Å². The molecule has 0 unspecified atom stereocenters. The number of aliphatic hydroxyl groups excluding tert-OH is 1. The van der Waals surface area contributed by atoms with E-state index in [2.05, 4.69) is 15.3 Å². The van der Waals surface area contributed by atoms with Gasteiger partial charge < -0.3 is 19.9 Å². The second-order valence-corrected chi connectivity index (χ2v) is 10.2. The number of pyridine rings is 1. The zero-order valence-corrected chi connectivity index (χ0v) is 20.1. The molecular weight excluding hydrogens is 456 g/mol. The maximum absolute atomic E-state index is 13.1. The van der Waals surface area contributed by atoms with Crippen molar-refractivity contribution in [2.24, 2.45) is 12.5 Å². The molecule has 34 heavy (non-hydrogen) atoms. The van der Waals surface area contributed by atoms with Gasteiger partial charge in [-0.15, -0.1) is 0 Å². The average molecular weight is 485 g/mol. The quantitative estimate of drug-likeness (QED) is 0.582. The Morgan fingerprint density at radius 3 is 2.59 bits per heavy atom. The van der Waals surface area contributed by atoms with E-state index in [-0.39, 0.29) is 23.6 Å². The Bertz CT molecular complexity index is 1260. The summed E-state index contributed by atoms with van der Waals surface area (Å²) in [7, 11) is 1.71. The fourth-order valence-electron chi connectivity index (χ4n) is 4.65. The maximum atomic E-state index is 13.1. The lowest BCUT2D eigenvalue weighted by Gasteiger charge is -2.47. The highest BCUT2D eigenvalue weighted by atomic mass is 35.5. The van der Waals surface area contributed by atoms with E-state index < -0.39 is 5.79 Å². The molecule has 2 N–H and O–H groups in total. The summed E-state index contributed by atoms with van der Waals surface area (Å²) < 4.78 is 13.7. The van der Waals surface area contributed by atoms with E-state index in [9.17, 15) is 9.90 Å². The van der Waals surface area contributed by atoms with Crippen LogP contribution in [0.15, 0.2) is 41.3 Å². The molecule has 1 spiro atoms. The summed E-state index contributed by atoms with van der Waals surface area (Å²) >= 11 is 6.32. The fraction of sp³-hybridized carbons (Fsp3) is 0.480. The Kier molecular flexibility index (Phi) is 6.10. The van der Waals surface area contributed by atoms with Gasteiger partial charge in [0.05, 0.1) is 19.8 Å². The van der Waals surface area contributed by atoms with Crippen molar-refractivity contribution in [3.63, 3.8) is 0 Å². The Hall–Kier alpha value is -2.52. The number of ether oxygens (including phenoxy) is 2. The van der Waals surface area contributed by atoms with Crippen molar-refractivity contribution in [3.05, 3.63) is 51.9 Å². The predicted molar refractivity (Wildman–Crippen MR) is 131 cm³/mol. The highest BCUT2D eigenvalue weighted by Gasteiger charge is 2.44. The molecule has 2 fully saturated rings. The standard InChI is InChI=1S/C25H29ClN4O4/c1-24(13-31)14-33-25(34-15-24)9-7-17(8-10-25)28-23-27-12-16-11-19(18-5-3-4-6-20(18)26)22(32)30(2)21(16)29-23/h3-6,11-12,17,31H,7-10,13-15H2,1-2H3,(H,27,28,29). The molecule has 0 atom stereocenters. The molecule has 9 heteroatoms. The highest BCUT2D eigenvalue weighted by Crippen LogP contribution is 2.39. The second kappa shape index (κ2) is 8.92. The molecule has 1 aromatic carbocycles. The third kappa shape index (κ3) is 4.31. The molecular formula is C25H29ClN4O4. The predicted octanol–water partition coefficient (Wildman–Crippen LogP) is 3.75. The number of hydrogen-bond donors (Lipinski definition) is 2. The molecule has 3 aromatic rings. The number of aryl methyl sites for hydroxylation is 1. The summed E-state index contributed by atoms with van der Waals surface area (Å²) in [5.41, 5.74) is 1.28. The normalized spacial score (nSPS) is 27.2. The third-order valence-corrected chi connectivity index (χ3v) is 7.27. The highest BCUT2D eigenvalue weighted by molar-refractivity contribution is 6.33. The first-order chi connectivity index (χ1) is 16.3. The molecule has 1 aliphatic heterocycles. The van der Waals surface area contributed by atoms with Gasteiger partial charge in [-0.25, -0.2) is 4.98 Å². The molecule has 0 bridgehead atoms. The second-order valence-electron chi connectivity index (χ2n) is 9.75. The van der Waals surface area contributed by atoms with Crippen LogP contribution in [0.5, 0.6) is 0 Å². The Labute approximate surface area is 202 Å². The molecule has 180 valence electrons. The molecule has 0 amide bonds. The molecule has 0 radical (unpaired) electrons. The van der Waals surface area contributed by atoms with Crippen molar-refractivity contribution in [3.8, 4) is 11.1 Å². The largest absolute Gasteiger partial charge is 0.396 e. The van der Waals surface area contributed by atoms with Crippen LogP contribution in [0.25, 0.3) is 22.2 Å². The lowest BCUT2D eigenvalue weighted by molar-refractivity contribution is -0.316. The van der Waals surface area contributed by atoms with E-state index in [1.54, 1.807) is 29.9 Å². The van der Waals surface area contributed by atoms with Crippen LogP contribution in [0.1, 0.15) is 32.6 Å². The van der Waals surface area contributed by atoms with Gasteiger partial charge in [-0.2, -0.15) is 4.98 Å². The smallest absolute Gasteiger partial charge is 0.259 e. The van der Waals surface area contributed by atoms with Crippen molar-refractivity contribution in [2.75, 3.05) is 25.1 Å². The Morgan fingerprint density at radius 1 is 1.21 bits per heavy atom. The minimum absolute atomic E-state index is 0.0505. The molecule has 3 heterocycles. The van der Waals surface area contributed by atoms with E-state index in [1.807, 2.05) is 25.1 Å². The number of nitrogens with zero attached hydrogens (tertiary/aromatic N) is 3. The summed E-state index contributed by atoms with van der Waals surface area (Å²) in [6, 6.07) is 9.28. The summed E-state index contributed by atoms with van der Waals surface area (Å²) in [6.45, 7) is 3.02. The Morgan fingerprint density at radius 2 is 1.91 bits per heavy atom. The van der Waals surface area contributed by atoms with Crippen LogP contribution < -0.4 is 10.9 Å². The van der Waals surface area contributed by atoms with Crippen LogP contribution in [-0.2, 0) is 16.5 Å². The number of halogens is 1. The van der Waals surface area contributed by atoms with E-state index in [1.165, 1.54) is 0 Å². The maximum Gasteiger partial charge on any atom is 0.259 e. The monoisotopic (exact) mass is 484 g/mol. The Balaban J connectivity index is 1.31. The van der Waals surface area contributed by atoms with E-state index in [0.717, 1.165) is 31.1 Å². The third-order valence-electron chi connectivity index (χ3n) is 6.94. The average Bonchev–Trinajstić information content (AvgIpc) is 2.86. The minimum atomic E-state index is -0.559. The zero-order chi connectivity index (χ0) is 23.9. The number of aromatic nitrogens is 3. The van der Waals surface area contributed by atoms with Gasteiger partial charge in [0.15, 0.2) is 5.79 Å². The van der Waals surface area contributed by atoms with Crippen molar-refractivity contribution in [2.45, 2.75) is 44.4 Å². The number of rotatable bonds is 4. The fourth-order valence-corrected chi connectivity index (χ4v) is 4.89. The van der Waals surface area contributed by atoms with Crippen LogP contribution >= 0.6 is 11.6 Å². The first-order valence-corrected chi connectivity index (χ1v) is 12.0. The van der Waals surface area contributed by atoms with Gasteiger partial charge in [-0.3, -0.25) is 9.36 Å². The summed E-state index contributed by atoms with van der Waals surface area (Å²) in [5.74, 6) is -0.0666. The van der Waals surface area contributed by atoms with Crippen LogP contribution in [0.3, 0.4) is 0 Å². The topological polar surface area (TPSA) is 98.5 Å². The number of nitrogens with one attached hydrogen (secondary N) is 1. The van der Waals surface area contributed by atoms with Gasteiger partial charge in [0.2, 0.25) is 5.95 Å². The number of aliphatic hydroxyl groups is 1. The van der Waals surface area contributed by atoms with Crippen LogP contribution in [-0.4, -0.2) is 51.3 Å². The molecule has 1 saturated carbocycles. The van der Waals surface area contributed by atoms with Gasteiger partial charge in [0, 0.05) is 59.1 Å². The molecule has 8 nitrogen and oxygen atoms in total. The first kappa shape index (κ1) is 23.2. The van der Waals surface area contributed by atoms with Gasteiger partial charge in [0.25, 0.3) is 5.56 Å². The SMILES string of the molecule is Cn1c(=O)c(-c2ccccc2Cl)cc2cnc(NC3CCC4(CC3)OCC(C)(CO)CO4)nc21. The van der Waals surface area contributed by atoms with Crippen molar-refractivity contribution in [1.82, 2.24) is 14.5 Å². The van der Waals surface area contributed by atoms with Gasteiger partial charge in [-0.05, 0) is 25.0 Å². The summed E-state index contributed by atoms with van der Waals surface area (Å²) in [6.07, 6.45) is 4.96. The zero-order valence-electron chi connectivity index (χ0n) is 19.4. The van der Waals surface area contributed by atoms with Crippen molar-refractivity contribution in [1.29, 1.82) is 0 Å². The first-order valence-electron chi connectivity index (χ1n) is 11.6. The summed E-state index contributed by atoms with van der Waals surface area (Å²) in [4.78, 5) is 22.2. The number of fused-ring (bicyclic) bond motifs is 1. The van der Waals surface area contributed by atoms with Crippen molar-refractivity contribution < 1.29 is 14.6 Å². The number of benzene rings is 1. The van der Waals surface area contributed by atoms with Gasteiger partial charge in [0.1, 0.15) is 5.65 Å². The van der Waals surface area contributed by atoms with Gasteiger partial charge in [-0.1, -0.05) is 36.7 Å². The van der Waals surface area contributed by atoms with E-state index >= 15 is 0 Å². The molecule has 1 aliphatic carbocycles. The van der Waals surface area contributed by atoms with Crippen LogP contribution in [0.4, 0.5) is 5.95 Å². The minimum Gasteiger partial charge on any atom is -0.396 e. The molecule has 2 aromatic heterocycles. The van der Waals surface area contributed by atoms with Crippen LogP contribution in [0, 0.1) is 5.41 Å². The number of anilines is 1. The molecule has 1 saturated heterocycles. The van der Waals surface area contributed by atoms with E-state index in [4.69, 9.17) is 21.1 Å².